The molecule has 30 heavy (non-hydrogen) atoms. The van der Waals surface area contributed by atoms with Crippen molar-refractivity contribution < 1.29 is 18.7 Å². The summed E-state index contributed by atoms with van der Waals surface area (Å²) in [5, 5.41) is 11.2. The third kappa shape index (κ3) is 8.53. The van der Waals surface area contributed by atoms with Crippen LogP contribution in [0.5, 0.6) is 0 Å². The Bertz CT molecular complexity index is 678. The smallest absolute Gasteiger partial charge is 0.286 e. The molecule has 0 radical (unpaired) electrons. The molecule has 0 bridgehead atoms. The van der Waals surface area contributed by atoms with Crippen molar-refractivity contribution in [1.82, 2.24) is 20.4 Å². The largest absolute Gasteiger partial charge is 0.408 e. The van der Waals surface area contributed by atoms with Gasteiger partial charge in [-0.05, 0) is 40.8 Å². The first kappa shape index (κ1) is 26.9. The number of Topliss-reactive ketones (excluding diaryl/α,β-unsaturated/α-hetero) is 1. The number of ether oxygens (including phenoxy) is 1. The van der Waals surface area contributed by atoms with Crippen molar-refractivity contribution in [1.29, 1.82) is 0 Å². The van der Waals surface area contributed by atoms with E-state index in [0.29, 0.717) is 11.6 Å². The normalized spacial score (nSPS) is 16.2. The summed E-state index contributed by atoms with van der Waals surface area (Å²) < 4.78 is 11.0. The molecule has 1 aliphatic rings. The molecule has 1 heterocycles. The van der Waals surface area contributed by atoms with Crippen LogP contribution >= 0.6 is 24.2 Å². The molecule has 1 unspecified atom stereocenters. The molecule has 0 aliphatic heterocycles. The van der Waals surface area contributed by atoms with Gasteiger partial charge in [0.2, 0.25) is 11.7 Å². The molecule has 172 valence electrons. The molecule has 10 heteroatoms. The van der Waals surface area contributed by atoms with Gasteiger partial charge >= 0.3 is 0 Å². The molecule has 2 rings (SSSR count). The summed E-state index contributed by atoms with van der Waals surface area (Å²) in [6.07, 6.45) is 5.33. The first-order valence-electron chi connectivity index (χ1n) is 10.2. The molecule has 0 saturated heterocycles. The highest BCUT2D eigenvalue weighted by Crippen LogP contribution is 2.25. The fraction of sp³-hybridized carbons (Fsp3) is 0.800. The minimum atomic E-state index is -0.764. The Labute approximate surface area is 189 Å². The number of carbonyl (C=O) groups excluding carboxylic acids is 2. The van der Waals surface area contributed by atoms with Crippen LogP contribution in [0.3, 0.4) is 0 Å². The van der Waals surface area contributed by atoms with Gasteiger partial charge in [0, 0.05) is 31.7 Å². The summed E-state index contributed by atoms with van der Waals surface area (Å²) in [5.74, 6) is 0.227. The Kier molecular flexibility index (Phi) is 11.3. The van der Waals surface area contributed by atoms with E-state index in [0.717, 1.165) is 38.0 Å². The third-order valence-corrected chi connectivity index (χ3v) is 6.04. The van der Waals surface area contributed by atoms with Crippen molar-refractivity contribution in [2.75, 3.05) is 33.5 Å². The van der Waals surface area contributed by atoms with Crippen LogP contribution in [0.4, 0.5) is 0 Å². The average molecular weight is 463 g/mol. The molecule has 1 saturated carbocycles. The van der Waals surface area contributed by atoms with Crippen LogP contribution in [0.25, 0.3) is 0 Å². The molecule has 1 atom stereocenters. The minimum Gasteiger partial charge on any atom is -0.408 e. The standard InChI is InChI=1S/C20H34N4O4S.ClH/c1-20(2,27-5)13-15(21-17(26)14-9-7-6-8-10-14)16(25)18-22-23-19(28-18)29-12-11-24(3)4;/h14-15H,6-13H2,1-5H3,(H,21,26);1H. The zero-order valence-electron chi connectivity index (χ0n) is 18.6. The zero-order chi connectivity index (χ0) is 21.4. The van der Waals surface area contributed by atoms with E-state index in [1.807, 2.05) is 27.9 Å². The van der Waals surface area contributed by atoms with Crippen LogP contribution in [0, 0.1) is 5.92 Å². The van der Waals surface area contributed by atoms with Crippen LogP contribution in [0.2, 0.25) is 0 Å². The number of aromatic nitrogens is 2. The van der Waals surface area contributed by atoms with Crippen LogP contribution in [-0.4, -0.2) is 71.9 Å². The minimum absolute atomic E-state index is 0. The maximum absolute atomic E-state index is 13.1. The summed E-state index contributed by atoms with van der Waals surface area (Å²) in [6, 6.07) is -0.764. The van der Waals surface area contributed by atoms with Gasteiger partial charge in [0.25, 0.3) is 11.1 Å². The molecule has 0 aromatic carbocycles. The number of nitrogens with zero attached hydrogens (tertiary/aromatic N) is 3. The second-order valence-electron chi connectivity index (χ2n) is 8.45. The van der Waals surface area contributed by atoms with Crippen molar-refractivity contribution in [3.8, 4) is 0 Å². The molecule has 1 aromatic heterocycles. The Balaban J connectivity index is 0.00000450. The van der Waals surface area contributed by atoms with Crippen LogP contribution in [0.1, 0.15) is 63.1 Å². The van der Waals surface area contributed by atoms with Crippen molar-refractivity contribution in [2.24, 2.45) is 5.92 Å². The molecule has 1 N–H and O–H groups in total. The lowest BCUT2D eigenvalue weighted by atomic mass is 9.88. The van der Waals surface area contributed by atoms with Crippen molar-refractivity contribution >= 4 is 35.9 Å². The van der Waals surface area contributed by atoms with Crippen LogP contribution < -0.4 is 5.32 Å². The van der Waals surface area contributed by atoms with Gasteiger partial charge in [-0.25, -0.2) is 0 Å². The van der Waals surface area contributed by atoms with Crippen molar-refractivity contribution in [3.63, 3.8) is 0 Å². The second-order valence-corrected chi connectivity index (χ2v) is 9.50. The highest BCUT2D eigenvalue weighted by atomic mass is 35.5. The van der Waals surface area contributed by atoms with Gasteiger partial charge in [-0.2, -0.15) is 0 Å². The Morgan fingerprint density at radius 2 is 1.93 bits per heavy atom. The molecule has 8 nitrogen and oxygen atoms in total. The predicted octanol–water partition coefficient (Wildman–Crippen LogP) is 3.21. The molecule has 1 aliphatic carbocycles. The second kappa shape index (κ2) is 12.6. The van der Waals surface area contributed by atoms with Gasteiger partial charge in [0.05, 0.1) is 5.60 Å². The lowest BCUT2D eigenvalue weighted by Crippen LogP contribution is -2.48. The lowest BCUT2D eigenvalue weighted by Gasteiger charge is -2.29. The van der Waals surface area contributed by atoms with Gasteiger partial charge in [-0.3, -0.25) is 9.59 Å². The number of hydrogen-bond acceptors (Lipinski definition) is 8. The number of methoxy groups -OCH3 is 1. The van der Waals surface area contributed by atoms with Gasteiger partial charge in [0.1, 0.15) is 6.04 Å². The van der Waals surface area contributed by atoms with E-state index in [-0.39, 0.29) is 35.9 Å². The Morgan fingerprint density at radius 3 is 2.53 bits per heavy atom. The number of thioether (sulfide) groups is 1. The average Bonchev–Trinajstić information content (AvgIpc) is 3.16. The lowest BCUT2D eigenvalue weighted by molar-refractivity contribution is -0.126. The number of hydrogen-bond donors (Lipinski definition) is 1. The fourth-order valence-electron chi connectivity index (χ4n) is 3.27. The highest BCUT2D eigenvalue weighted by Gasteiger charge is 2.34. The van der Waals surface area contributed by atoms with E-state index in [9.17, 15) is 9.59 Å². The fourth-order valence-corrected chi connectivity index (χ4v) is 4.14. The van der Waals surface area contributed by atoms with E-state index < -0.39 is 11.6 Å². The van der Waals surface area contributed by atoms with E-state index >= 15 is 0 Å². The van der Waals surface area contributed by atoms with Crippen molar-refractivity contribution in [2.45, 2.75) is 69.2 Å². The molecule has 1 aromatic rings. The number of ketones is 1. The van der Waals surface area contributed by atoms with E-state index in [1.165, 1.54) is 18.2 Å². The molecular weight excluding hydrogens is 428 g/mol. The highest BCUT2D eigenvalue weighted by molar-refractivity contribution is 7.99. The Morgan fingerprint density at radius 1 is 1.27 bits per heavy atom. The number of halogens is 1. The van der Waals surface area contributed by atoms with Gasteiger partial charge < -0.3 is 19.4 Å². The molecule has 1 amide bonds. The van der Waals surface area contributed by atoms with Gasteiger partial charge in [-0.1, -0.05) is 31.0 Å². The summed E-state index contributed by atoms with van der Waals surface area (Å²) in [6.45, 7) is 4.63. The third-order valence-electron chi connectivity index (χ3n) is 5.24. The summed E-state index contributed by atoms with van der Waals surface area (Å²) in [4.78, 5) is 27.9. The van der Waals surface area contributed by atoms with Crippen molar-refractivity contribution in [3.05, 3.63) is 5.89 Å². The number of rotatable bonds is 11. The quantitative estimate of drug-likeness (QED) is 0.395. The maximum atomic E-state index is 13.1. The monoisotopic (exact) mass is 462 g/mol. The van der Waals surface area contributed by atoms with E-state index in [1.54, 1.807) is 7.11 Å². The Hall–Kier alpha value is -1.16. The van der Waals surface area contributed by atoms with Gasteiger partial charge in [0.15, 0.2) is 0 Å². The molecule has 1 fully saturated rings. The van der Waals surface area contributed by atoms with Crippen LogP contribution in [-0.2, 0) is 9.53 Å². The topological polar surface area (TPSA) is 97.6 Å². The van der Waals surface area contributed by atoms with E-state index in [4.69, 9.17) is 9.15 Å². The molecule has 0 spiro atoms. The van der Waals surface area contributed by atoms with Gasteiger partial charge in [-0.15, -0.1) is 22.6 Å². The summed E-state index contributed by atoms with van der Waals surface area (Å²) >= 11 is 1.41. The summed E-state index contributed by atoms with van der Waals surface area (Å²) in [5.41, 5.74) is -0.580. The van der Waals surface area contributed by atoms with E-state index in [2.05, 4.69) is 20.4 Å². The zero-order valence-corrected chi connectivity index (χ0v) is 20.2. The SMILES string of the molecule is COC(C)(C)CC(NC(=O)C1CCCCC1)C(=O)c1nnc(SCCN(C)C)o1.Cl. The summed E-state index contributed by atoms with van der Waals surface area (Å²) in [7, 11) is 5.57. The number of amides is 1. The first-order chi connectivity index (χ1) is 13.7. The molecular formula is C20H35ClN4O4S. The number of carbonyl (C=O) groups is 2. The number of nitrogens with one attached hydrogen (secondary N) is 1. The maximum Gasteiger partial charge on any atom is 0.286 e. The first-order valence-corrected chi connectivity index (χ1v) is 11.2. The van der Waals surface area contributed by atoms with Crippen LogP contribution in [0.15, 0.2) is 9.64 Å². The predicted molar refractivity (Wildman–Crippen MR) is 119 cm³/mol.